The lowest BCUT2D eigenvalue weighted by Crippen LogP contribution is -2.46. The molecule has 6 heteroatoms. The average molecular weight is 529 g/mol. The Morgan fingerprint density at radius 2 is 1.29 bits per heavy atom. The van der Waals surface area contributed by atoms with Gasteiger partial charge in [-0.3, -0.25) is 0 Å². The van der Waals surface area contributed by atoms with Crippen LogP contribution < -0.4 is 0 Å². The first kappa shape index (κ1) is 34.6. The third kappa shape index (κ3) is 19.4. The highest BCUT2D eigenvalue weighted by Gasteiger charge is 2.39. The predicted molar refractivity (Wildman–Crippen MR) is 157 cm³/mol. The van der Waals surface area contributed by atoms with Crippen LogP contribution >= 0.6 is 11.8 Å². The van der Waals surface area contributed by atoms with Crippen molar-refractivity contribution >= 4 is 20.6 Å². The summed E-state index contributed by atoms with van der Waals surface area (Å²) in [5.74, 6) is 2.01. The van der Waals surface area contributed by atoms with Crippen molar-refractivity contribution in [3.05, 3.63) is 34.9 Å². The Balaban J connectivity index is 4.17. The van der Waals surface area contributed by atoms with Crippen LogP contribution in [0, 0.1) is 0 Å². The smallest absolute Gasteiger partial charge is 0.390 e. The minimum absolute atomic E-state index is 0.605. The van der Waals surface area contributed by atoms with Gasteiger partial charge >= 0.3 is 8.80 Å². The molecule has 0 aliphatic rings. The summed E-state index contributed by atoms with van der Waals surface area (Å²) in [6.45, 7) is 18.6. The van der Waals surface area contributed by atoms with Gasteiger partial charge in [-0.15, -0.1) is 0 Å². The Kier molecular flexibility index (Phi) is 20.4. The molecule has 0 aromatic heterocycles. The van der Waals surface area contributed by atoms with Gasteiger partial charge in [-0.25, -0.2) is 0 Å². The molecule has 4 nitrogen and oxygen atoms in total. The van der Waals surface area contributed by atoms with E-state index in [0.717, 1.165) is 68.9 Å². The Morgan fingerprint density at radius 1 is 0.771 bits per heavy atom. The average Bonchev–Trinajstić information content (AvgIpc) is 2.76. The van der Waals surface area contributed by atoms with Crippen LogP contribution in [0.2, 0.25) is 6.04 Å². The van der Waals surface area contributed by atoms with Gasteiger partial charge < -0.3 is 18.4 Å². The highest BCUT2D eigenvalue weighted by molar-refractivity contribution is 7.99. The summed E-state index contributed by atoms with van der Waals surface area (Å²) >= 11 is 1.91. The number of aliphatic hydroxyl groups is 1. The minimum atomic E-state index is -2.52. The van der Waals surface area contributed by atoms with E-state index in [4.69, 9.17) is 13.3 Å². The molecular formula is C29H56O4SSi. The van der Waals surface area contributed by atoms with Crippen molar-refractivity contribution in [3.63, 3.8) is 0 Å². The van der Waals surface area contributed by atoms with Crippen LogP contribution in [0.15, 0.2) is 34.9 Å². The van der Waals surface area contributed by atoms with Crippen LogP contribution in [-0.4, -0.2) is 50.8 Å². The molecular weight excluding hydrogens is 472 g/mol. The largest absolute Gasteiger partial charge is 0.500 e. The molecule has 0 aliphatic heterocycles. The van der Waals surface area contributed by atoms with E-state index in [2.05, 4.69) is 45.9 Å². The van der Waals surface area contributed by atoms with Crippen LogP contribution in [0.25, 0.3) is 0 Å². The summed E-state index contributed by atoms with van der Waals surface area (Å²) in [6.07, 6.45) is 15.1. The molecule has 0 saturated heterocycles. The maximum Gasteiger partial charge on any atom is 0.500 e. The van der Waals surface area contributed by atoms with Gasteiger partial charge in [0.1, 0.15) is 0 Å². The summed E-state index contributed by atoms with van der Waals surface area (Å²) in [7, 11) is -2.52. The lowest BCUT2D eigenvalue weighted by Gasteiger charge is -2.28. The number of thioether (sulfide) groups is 1. The highest BCUT2D eigenvalue weighted by atomic mass is 32.2. The SMILES string of the molecule is CCO[Si](CCCSCCC(C)(O)CC/C=C(\C)CC/C=C(\C)CCC=C(C)C)(OCC)OCC. The monoisotopic (exact) mass is 528 g/mol. The van der Waals surface area contributed by atoms with Gasteiger partial charge in [0, 0.05) is 25.9 Å². The summed E-state index contributed by atoms with van der Waals surface area (Å²) in [5.41, 5.74) is 3.70. The second-order valence-corrected chi connectivity index (χ2v) is 13.9. The van der Waals surface area contributed by atoms with E-state index in [-0.39, 0.29) is 0 Å². The molecule has 0 spiro atoms. The first-order valence-electron chi connectivity index (χ1n) is 13.8. The summed E-state index contributed by atoms with van der Waals surface area (Å²) in [4.78, 5) is 0. The molecule has 0 fully saturated rings. The fourth-order valence-corrected chi connectivity index (χ4v) is 7.88. The Hall–Kier alpha value is -0.373. The topological polar surface area (TPSA) is 47.9 Å². The number of hydrogen-bond acceptors (Lipinski definition) is 5. The molecule has 0 radical (unpaired) electrons. The lowest BCUT2D eigenvalue weighted by molar-refractivity contribution is 0.0491. The van der Waals surface area contributed by atoms with Gasteiger partial charge in [-0.05, 0) is 118 Å². The predicted octanol–water partition coefficient (Wildman–Crippen LogP) is 8.50. The van der Waals surface area contributed by atoms with Crippen molar-refractivity contribution < 1.29 is 18.4 Å². The first-order chi connectivity index (χ1) is 16.6. The van der Waals surface area contributed by atoms with Gasteiger partial charge in [0.15, 0.2) is 0 Å². The van der Waals surface area contributed by atoms with E-state index in [1.165, 1.54) is 16.7 Å². The van der Waals surface area contributed by atoms with Crippen molar-refractivity contribution in [2.75, 3.05) is 31.3 Å². The third-order valence-electron chi connectivity index (χ3n) is 5.95. The third-order valence-corrected chi connectivity index (χ3v) is 10.2. The first-order valence-corrected chi connectivity index (χ1v) is 16.8. The zero-order valence-corrected chi connectivity index (χ0v) is 26.0. The van der Waals surface area contributed by atoms with Gasteiger partial charge in [0.25, 0.3) is 0 Å². The molecule has 0 bridgehead atoms. The lowest BCUT2D eigenvalue weighted by atomic mass is 9.96. The maximum absolute atomic E-state index is 10.8. The van der Waals surface area contributed by atoms with Crippen molar-refractivity contribution in [3.8, 4) is 0 Å². The molecule has 1 atom stereocenters. The zero-order valence-electron chi connectivity index (χ0n) is 24.2. The Morgan fingerprint density at radius 3 is 1.80 bits per heavy atom. The van der Waals surface area contributed by atoms with Crippen LogP contribution in [-0.2, 0) is 13.3 Å². The number of allylic oxidation sites excluding steroid dienone is 6. The van der Waals surface area contributed by atoms with Gasteiger partial charge in [0.2, 0.25) is 0 Å². The van der Waals surface area contributed by atoms with E-state index in [1.54, 1.807) is 0 Å². The molecule has 1 N–H and O–H groups in total. The Bertz CT molecular complexity index is 607. The molecule has 1 unspecified atom stereocenters. The molecule has 0 aromatic rings. The molecule has 0 aromatic carbocycles. The van der Waals surface area contributed by atoms with E-state index in [0.29, 0.717) is 19.8 Å². The summed E-state index contributed by atoms with van der Waals surface area (Å²) < 4.78 is 17.8. The van der Waals surface area contributed by atoms with Crippen molar-refractivity contribution in [1.82, 2.24) is 0 Å². The van der Waals surface area contributed by atoms with Crippen molar-refractivity contribution in [2.45, 2.75) is 118 Å². The van der Waals surface area contributed by atoms with Gasteiger partial charge in [0.05, 0.1) is 5.60 Å². The standard InChI is InChI=1S/C29H56O4SSi/c1-9-31-35(32-10-2,33-11-3)25-15-23-34-24-22-29(8,30)21-14-20-28(7)19-13-18-27(6)17-12-16-26(4)5/h16,18,20,30H,9-15,17,19,21-25H2,1-8H3/b27-18+,28-20+. The van der Waals surface area contributed by atoms with Crippen LogP contribution in [0.5, 0.6) is 0 Å². The van der Waals surface area contributed by atoms with Crippen molar-refractivity contribution in [1.29, 1.82) is 0 Å². The van der Waals surface area contributed by atoms with E-state index >= 15 is 0 Å². The maximum atomic E-state index is 10.8. The number of hydrogen-bond donors (Lipinski definition) is 1. The molecule has 0 heterocycles. The van der Waals surface area contributed by atoms with Crippen molar-refractivity contribution in [2.24, 2.45) is 0 Å². The second-order valence-electron chi connectivity index (χ2n) is 9.94. The fourth-order valence-electron chi connectivity index (χ4n) is 3.88. The second kappa shape index (κ2) is 20.7. The molecule has 0 amide bonds. The normalized spacial score (nSPS) is 14.8. The molecule has 0 aliphatic carbocycles. The van der Waals surface area contributed by atoms with Crippen LogP contribution in [0.4, 0.5) is 0 Å². The summed E-state index contributed by atoms with van der Waals surface area (Å²) in [5, 5.41) is 10.8. The minimum Gasteiger partial charge on any atom is -0.390 e. The van der Waals surface area contributed by atoms with E-state index in [9.17, 15) is 5.11 Å². The quantitative estimate of drug-likeness (QED) is 0.0867. The molecule has 0 rings (SSSR count). The van der Waals surface area contributed by atoms with Crippen LogP contribution in [0.1, 0.15) is 107 Å². The number of rotatable bonds is 22. The zero-order chi connectivity index (χ0) is 26.6. The van der Waals surface area contributed by atoms with E-state index in [1.807, 2.05) is 39.5 Å². The molecule has 206 valence electrons. The highest BCUT2D eigenvalue weighted by Crippen LogP contribution is 2.23. The molecule has 0 saturated carbocycles. The molecule has 35 heavy (non-hydrogen) atoms. The van der Waals surface area contributed by atoms with Gasteiger partial charge in [-0.1, -0.05) is 34.9 Å². The van der Waals surface area contributed by atoms with Crippen LogP contribution in [0.3, 0.4) is 0 Å². The fraction of sp³-hybridized carbons (Fsp3) is 0.793. The Labute approximate surface area is 223 Å². The van der Waals surface area contributed by atoms with E-state index < -0.39 is 14.4 Å². The summed E-state index contributed by atoms with van der Waals surface area (Å²) in [6, 6.07) is 0.861. The van der Waals surface area contributed by atoms with Gasteiger partial charge in [-0.2, -0.15) is 11.8 Å².